The normalized spacial score (nSPS) is 13.7. The van der Waals surface area contributed by atoms with E-state index in [9.17, 15) is 4.79 Å². The fourth-order valence-electron chi connectivity index (χ4n) is 1.89. The van der Waals surface area contributed by atoms with Crippen LogP contribution in [0.15, 0.2) is 36.9 Å². The predicted molar refractivity (Wildman–Crippen MR) is 75.1 cm³/mol. The van der Waals surface area contributed by atoms with Gasteiger partial charge in [-0.2, -0.15) is 0 Å². The van der Waals surface area contributed by atoms with Gasteiger partial charge in [-0.1, -0.05) is 25.1 Å². The first-order chi connectivity index (χ1) is 8.54. The lowest BCUT2D eigenvalue weighted by atomic mass is 9.76. The first-order valence-electron chi connectivity index (χ1n) is 6.40. The Bertz CT molecular complexity index is 406. The molecule has 0 aliphatic heterocycles. The third-order valence-corrected chi connectivity index (χ3v) is 3.29. The highest BCUT2D eigenvalue weighted by Crippen LogP contribution is 2.30. The Hall–Kier alpha value is -1.57. The van der Waals surface area contributed by atoms with Crippen LogP contribution < -0.4 is 4.74 Å². The Kier molecular flexibility index (Phi) is 5.14. The highest BCUT2D eigenvalue weighted by atomic mass is 16.5. The standard InChI is InChI=1S/C16H22O2/c1-5-11-16(4,13(3)17)14-7-9-15(10-8-14)18-12-6-2/h5,7-10H,1,6,11-12H2,2-4H3. The minimum atomic E-state index is -0.481. The molecule has 18 heavy (non-hydrogen) atoms. The van der Waals surface area contributed by atoms with Crippen LogP contribution >= 0.6 is 0 Å². The lowest BCUT2D eigenvalue weighted by molar-refractivity contribution is -0.121. The van der Waals surface area contributed by atoms with Gasteiger partial charge in [-0.25, -0.2) is 0 Å². The molecule has 2 heteroatoms. The van der Waals surface area contributed by atoms with Crippen molar-refractivity contribution in [2.75, 3.05) is 6.61 Å². The summed E-state index contributed by atoms with van der Waals surface area (Å²) in [6.07, 6.45) is 3.43. The van der Waals surface area contributed by atoms with Gasteiger partial charge in [0.2, 0.25) is 0 Å². The molecule has 0 bridgehead atoms. The van der Waals surface area contributed by atoms with Crippen LogP contribution in [0.1, 0.15) is 39.2 Å². The second-order valence-electron chi connectivity index (χ2n) is 4.75. The maximum absolute atomic E-state index is 11.8. The Morgan fingerprint density at radius 1 is 1.39 bits per heavy atom. The molecule has 0 saturated heterocycles. The summed E-state index contributed by atoms with van der Waals surface area (Å²) >= 11 is 0. The van der Waals surface area contributed by atoms with Crippen LogP contribution in [0.4, 0.5) is 0 Å². The molecule has 0 fully saturated rings. The van der Waals surface area contributed by atoms with E-state index in [0.29, 0.717) is 6.42 Å². The number of carbonyl (C=O) groups excluding carboxylic acids is 1. The quantitative estimate of drug-likeness (QED) is 0.682. The van der Waals surface area contributed by atoms with Crippen LogP contribution in [0, 0.1) is 0 Å². The second-order valence-corrected chi connectivity index (χ2v) is 4.75. The van der Waals surface area contributed by atoms with Gasteiger partial charge in [0.15, 0.2) is 0 Å². The van der Waals surface area contributed by atoms with E-state index in [1.54, 1.807) is 13.0 Å². The first kappa shape index (κ1) is 14.5. The molecule has 0 aromatic heterocycles. The van der Waals surface area contributed by atoms with Crippen LogP contribution in [0.5, 0.6) is 5.75 Å². The second kappa shape index (κ2) is 6.39. The van der Waals surface area contributed by atoms with Crippen LogP contribution in [-0.2, 0) is 10.2 Å². The van der Waals surface area contributed by atoms with E-state index in [1.807, 2.05) is 31.2 Å². The molecule has 0 aliphatic rings. The Balaban J connectivity index is 2.94. The van der Waals surface area contributed by atoms with Crippen molar-refractivity contribution in [3.8, 4) is 5.75 Å². The number of rotatable bonds is 7. The van der Waals surface area contributed by atoms with E-state index in [1.165, 1.54) is 0 Å². The summed E-state index contributed by atoms with van der Waals surface area (Å²) in [5.41, 5.74) is 0.532. The van der Waals surface area contributed by atoms with Gasteiger partial charge in [0.25, 0.3) is 0 Å². The lowest BCUT2D eigenvalue weighted by Crippen LogP contribution is -2.29. The SMILES string of the molecule is C=CCC(C)(C(C)=O)c1ccc(OCCC)cc1. The molecule has 1 rings (SSSR count). The highest BCUT2D eigenvalue weighted by Gasteiger charge is 2.30. The fourth-order valence-corrected chi connectivity index (χ4v) is 1.89. The molecule has 0 spiro atoms. The van der Waals surface area contributed by atoms with Gasteiger partial charge in [-0.15, -0.1) is 6.58 Å². The average molecular weight is 246 g/mol. The number of hydrogen-bond acceptors (Lipinski definition) is 2. The number of ether oxygens (including phenoxy) is 1. The third kappa shape index (κ3) is 3.22. The van der Waals surface area contributed by atoms with Crippen molar-refractivity contribution < 1.29 is 9.53 Å². The number of ketones is 1. The molecular weight excluding hydrogens is 224 g/mol. The zero-order valence-corrected chi connectivity index (χ0v) is 11.5. The largest absolute Gasteiger partial charge is 0.494 e. The van der Waals surface area contributed by atoms with Gasteiger partial charge in [-0.05, 0) is 44.4 Å². The molecule has 0 N–H and O–H groups in total. The molecule has 0 amide bonds. The predicted octanol–water partition coefficient (Wildman–Crippen LogP) is 3.90. The molecule has 1 aromatic rings. The maximum Gasteiger partial charge on any atom is 0.140 e. The smallest absolute Gasteiger partial charge is 0.140 e. The van der Waals surface area contributed by atoms with Crippen molar-refractivity contribution in [3.05, 3.63) is 42.5 Å². The molecule has 0 heterocycles. The van der Waals surface area contributed by atoms with E-state index in [2.05, 4.69) is 13.5 Å². The monoisotopic (exact) mass is 246 g/mol. The van der Waals surface area contributed by atoms with Crippen LogP contribution in [-0.4, -0.2) is 12.4 Å². The lowest BCUT2D eigenvalue weighted by Gasteiger charge is -2.26. The van der Waals surface area contributed by atoms with Crippen LogP contribution in [0.3, 0.4) is 0 Å². The van der Waals surface area contributed by atoms with E-state index >= 15 is 0 Å². The van der Waals surface area contributed by atoms with Crippen molar-refractivity contribution in [1.82, 2.24) is 0 Å². The summed E-state index contributed by atoms with van der Waals surface area (Å²) in [6.45, 7) is 10.1. The summed E-state index contributed by atoms with van der Waals surface area (Å²) in [5.74, 6) is 1.01. The summed E-state index contributed by atoms with van der Waals surface area (Å²) in [4.78, 5) is 11.8. The number of carbonyl (C=O) groups is 1. The van der Waals surface area contributed by atoms with Crippen molar-refractivity contribution >= 4 is 5.78 Å². The van der Waals surface area contributed by atoms with E-state index in [4.69, 9.17) is 4.74 Å². The van der Waals surface area contributed by atoms with Gasteiger partial charge in [-0.3, -0.25) is 4.79 Å². The molecule has 2 nitrogen and oxygen atoms in total. The van der Waals surface area contributed by atoms with Crippen LogP contribution in [0.2, 0.25) is 0 Å². The van der Waals surface area contributed by atoms with Crippen LogP contribution in [0.25, 0.3) is 0 Å². The average Bonchev–Trinajstić information content (AvgIpc) is 2.37. The van der Waals surface area contributed by atoms with Gasteiger partial charge in [0.05, 0.1) is 12.0 Å². The molecule has 1 aromatic carbocycles. The maximum atomic E-state index is 11.8. The summed E-state index contributed by atoms with van der Waals surface area (Å²) < 4.78 is 5.54. The van der Waals surface area contributed by atoms with Crippen molar-refractivity contribution in [2.45, 2.75) is 39.0 Å². The van der Waals surface area contributed by atoms with E-state index in [-0.39, 0.29) is 5.78 Å². The Morgan fingerprint density at radius 3 is 2.44 bits per heavy atom. The van der Waals surface area contributed by atoms with Crippen molar-refractivity contribution in [2.24, 2.45) is 0 Å². The zero-order valence-electron chi connectivity index (χ0n) is 11.5. The van der Waals surface area contributed by atoms with Crippen molar-refractivity contribution in [3.63, 3.8) is 0 Å². The molecule has 0 saturated carbocycles. The van der Waals surface area contributed by atoms with Crippen molar-refractivity contribution in [1.29, 1.82) is 0 Å². The minimum Gasteiger partial charge on any atom is -0.494 e. The summed E-state index contributed by atoms with van der Waals surface area (Å²) in [5, 5.41) is 0. The molecule has 0 radical (unpaired) electrons. The molecule has 1 atom stereocenters. The van der Waals surface area contributed by atoms with Gasteiger partial charge >= 0.3 is 0 Å². The summed E-state index contributed by atoms with van der Waals surface area (Å²) in [7, 11) is 0. The topological polar surface area (TPSA) is 26.3 Å². The fraction of sp³-hybridized carbons (Fsp3) is 0.438. The minimum absolute atomic E-state index is 0.157. The summed E-state index contributed by atoms with van der Waals surface area (Å²) in [6, 6.07) is 7.79. The Labute approximate surface area is 110 Å². The molecular formula is C16H22O2. The zero-order chi connectivity index (χ0) is 13.6. The van der Waals surface area contributed by atoms with E-state index in [0.717, 1.165) is 24.3 Å². The van der Waals surface area contributed by atoms with Gasteiger partial charge < -0.3 is 4.74 Å². The third-order valence-electron chi connectivity index (χ3n) is 3.29. The number of allylic oxidation sites excluding steroid dienone is 1. The van der Waals surface area contributed by atoms with E-state index < -0.39 is 5.41 Å². The van der Waals surface area contributed by atoms with Gasteiger partial charge in [0, 0.05) is 0 Å². The Morgan fingerprint density at radius 2 is 2.00 bits per heavy atom. The molecule has 1 unspecified atom stereocenters. The highest BCUT2D eigenvalue weighted by molar-refractivity contribution is 5.87. The number of benzene rings is 1. The number of hydrogen-bond donors (Lipinski definition) is 0. The molecule has 0 aliphatic carbocycles. The number of Topliss-reactive ketones (excluding diaryl/α,β-unsaturated/α-hetero) is 1. The molecule has 98 valence electrons. The van der Waals surface area contributed by atoms with Gasteiger partial charge in [0.1, 0.15) is 11.5 Å². The first-order valence-corrected chi connectivity index (χ1v) is 6.40.